The van der Waals surface area contributed by atoms with Gasteiger partial charge in [-0.25, -0.2) is 4.39 Å². The number of para-hydroxylation sites is 1. The Labute approximate surface area is 186 Å². The Morgan fingerprint density at radius 3 is 2.91 bits per heavy atom. The molecule has 0 saturated carbocycles. The normalized spacial score (nSPS) is 16.5. The summed E-state index contributed by atoms with van der Waals surface area (Å²) < 4.78 is 26.9. The summed E-state index contributed by atoms with van der Waals surface area (Å²) in [6, 6.07) is 10.1. The fourth-order valence-electron chi connectivity index (χ4n) is 3.67. The first kappa shape index (κ1) is 22.0. The van der Waals surface area contributed by atoms with Crippen LogP contribution >= 0.6 is 0 Å². The molecule has 0 unspecified atom stereocenters. The van der Waals surface area contributed by atoms with Crippen LogP contribution in [0.1, 0.15) is 53.4 Å². The third kappa shape index (κ3) is 4.83. The molecule has 0 spiro atoms. The van der Waals surface area contributed by atoms with Crippen molar-refractivity contribution in [1.82, 2.24) is 24.9 Å². The summed E-state index contributed by atoms with van der Waals surface area (Å²) in [5, 5.41) is 11.7. The molecule has 1 aliphatic heterocycles. The number of rotatable bonds is 7. The molecule has 3 heterocycles. The molecule has 1 amide bonds. The van der Waals surface area contributed by atoms with E-state index >= 15 is 0 Å². The van der Waals surface area contributed by atoms with Crippen LogP contribution in [0.15, 0.2) is 36.4 Å². The van der Waals surface area contributed by atoms with E-state index in [0.29, 0.717) is 38.4 Å². The summed E-state index contributed by atoms with van der Waals surface area (Å²) in [6.07, 6.45) is 0.252. The number of nitrogens with one attached hydrogen (secondary N) is 1. The molecule has 1 fully saturated rings. The van der Waals surface area contributed by atoms with Crippen LogP contribution in [0.25, 0.3) is 0 Å². The fourth-order valence-corrected chi connectivity index (χ4v) is 3.67. The third-order valence-corrected chi connectivity index (χ3v) is 5.57. The standard InChI is InChI=1S/C23H28FN5O3/c1-15(2)18-13-20(26-25-18)23(30)29-9-11-32-22(14-29)19-12-16(28(3)27-19)8-10-31-21-7-5-4-6-17(21)24/h4-7,12-13,15,22H,8-11,14H2,1-3H3,(H,25,26)/t22-/m1/s1. The number of nitrogens with zero attached hydrogens (tertiary/aromatic N) is 4. The lowest BCUT2D eigenvalue weighted by Gasteiger charge is -2.31. The maximum atomic E-state index is 13.7. The Hall–Kier alpha value is -3.20. The summed E-state index contributed by atoms with van der Waals surface area (Å²) in [5.41, 5.74) is 3.06. The van der Waals surface area contributed by atoms with Gasteiger partial charge in [-0.2, -0.15) is 10.2 Å². The lowest BCUT2D eigenvalue weighted by Crippen LogP contribution is -2.42. The van der Waals surface area contributed by atoms with Crippen molar-refractivity contribution in [2.24, 2.45) is 7.05 Å². The highest BCUT2D eigenvalue weighted by Gasteiger charge is 2.29. The molecule has 0 radical (unpaired) electrons. The van der Waals surface area contributed by atoms with Gasteiger partial charge in [0, 0.05) is 31.4 Å². The summed E-state index contributed by atoms with van der Waals surface area (Å²) in [6.45, 7) is 5.77. The van der Waals surface area contributed by atoms with E-state index in [0.717, 1.165) is 17.1 Å². The van der Waals surface area contributed by atoms with Crippen molar-refractivity contribution in [3.05, 3.63) is 65.0 Å². The molecule has 1 saturated heterocycles. The van der Waals surface area contributed by atoms with E-state index in [9.17, 15) is 9.18 Å². The predicted octanol–water partition coefficient (Wildman–Crippen LogP) is 3.24. The second kappa shape index (κ2) is 9.52. The Kier molecular flexibility index (Phi) is 6.55. The average molecular weight is 442 g/mol. The van der Waals surface area contributed by atoms with Crippen LogP contribution in [-0.2, 0) is 18.2 Å². The first-order valence-corrected chi connectivity index (χ1v) is 10.8. The number of benzene rings is 1. The lowest BCUT2D eigenvalue weighted by molar-refractivity contribution is -0.0251. The molecule has 1 atom stereocenters. The molecule has 4 rings (SSSR count). The fraction of sp³-hybridized carbons (Fsp3) is 0.435. The Morgan fingerprint density at radius 2 is 2.16 bits per heavy atom. The number of aryl methyl sites for hydroxylation is 1. The molecule has 9 heteroatoms. The number of amides is 1. The van der Waals surface area contributed by atoms with Gasteiger partial charge in [0.05, 0.1) is 25.5 Å². The first-order chi connectivity index (χ1) is 15.4. The number of aromatic nitrogens is 4. The largest absolute Gasteiger partial charge is 0.490 e. The first-order valence-electron chi connectivity index (χ1n) is 10.8. The number of carbonyl (C=O) groups is 1. The lowest BCUT2D eigenvalue weighted by atomic mass is 10.1. The van der Waals surface area contributed by atoms with Crippen molar-refractivity contribution in [2.75, 3.05) is 26.3 Å². The summed E-state index contributed by atoms with van der Waals surface area (Å²) in [5.74, 6) is 0.0151. The molecule has 1 N–H and O–H groups in total. The van der Waals surface area contributed by atoms with Crippen molar-refractivity contribution >= 4 is 5.91 Å². The summed E-state index contributed by atoms with van der Waals surface area (Å²) >= 11 is 0. The van der Waals surface area contributed by atoms with E-state index in [2.05, 4.69) is 15.3 Å². The maximum absolute atomic E-state index is 13.7. The van der Waals surface area contributed by atoms with Crippen molar-refractivity contribution in [3.8, 4) is 5.75 Å². The minimum atomic E-state index is -0.379. The van der Waals surface area contributed by atoms with Gasteiger partial charge in [0.15, 0.2) is 11.6 Å². The molecular formula is C23H28FN5O3. The number of aromatic amines is 1. The van der Waals surface area contributed by atoms with Crippen LogP contribution in [0.2, 0.25) is 0 Å². The van der Waals surface area contributed by atoms with Crippen molar-refractivity contribution in [3.63, 3.8) is 0 Å². The molecular weight excluding hydrogens is 413 g/mol. The Bertz CT molecular complexity index is 1080. The SMILES string of the molecule is CC(C)c1cc(C(=O)N2CCO[C@@H](c3cc(CCOc4ccccc4F)n(C)n3)C2)n[nH]1. The molecule has 3 aromatic rings. The van der Waals surface area contributed by atoms with Crippen molar-refractivity contribution in [1.29, 1.82) is 0 Å². The van der Waals surface area contributed by atoms with Crippen LogP contribution in [0.3, 0.4) is 0 Å². The van der Waals surface area contributed by atoms with Gasteiger partial charge >= 0.3 is 0 Å². The zero-order valence-electron chi connectivity index (χ0n) is 18.5. The number of hydrogen-bond acceptors (Lipinski definition) is 5. The van der Waals surface area contributed by atoms with E-state index in [-0.39, 0.29) is 29.5 Å². The van der Waals surface area contributed by atoms with Crippen LogP contribution in [-0.4, -0.2) is 57.1 Å². The van der Waals surface area contributed by atoms with Crippen LogP contribution in [0, 0.1) is 5.82 Å². The van der Waals surface area contributed by atoms with Gasteiger partial charge in [-0.05, 0) is 30.2 Å². The van der Waals surface area contributed by atoms with Gasteiger partial charge in [-0.1, -0.05) is 26.0 Å². The highest BCUT2D eigenvalue weighted by molar-refractivity contribution is 5.92. The molecule has 32 heavy (non-hydrogen) atoms. The summed E-state index contributed by atoms with van der Waals surface area (Å²) in [7, 11) is 1.85. The van der Waals surface area contributed by atoms with Crippen LogP contribution in [0.5, 0.6) is 5.75 Å². The van der Waals surface area contributed by atoms with E-state index in [1.54, 1.807) is 27.8 Å². The van der Waals surface area contributed by atoms with Gasteiger partial charge in [0.2, 0.25) is 0 Å². The van der Waals surface area contributed by atoms with Crippen molar-refractivity contribution < 1.29 is 18.7 Å². The molecule has 0 aliphatic carbocycles. The number of H-pyrrole nitrogens is 1. The summed E-state index contributed by atoms with van der Waals surface area (Å²) in [4.78, 5) is 14.7. The van der Waals surface area contributed by atoms with Crippen LogP contribution < -0.4 is 4.74 Å². The number of hydrogen-bond donors (Lipinski definition) is 1. The third-order valence-electron chi connectivity index (χ3n) is 5.57. The van der Waals surface area contributed by atoms with Gasteiger partial charge in [0.1, 0.15) is 11.8 Å². The maximum Gasteiger partial charge on any atom is 0.274 e. The van der Waals surface area contributed by atoms with E-state index in [1.807, 2.05) is 33.0 Å². The van der Waals surface area contributed by atoms with Crippen LogP contribution in [0.4, 0.5) is 4.39 Å². The minimum Gasteiger partial charge on any atom is -0.490 e. The number of morpholine rings is 1. The Morgan fingerprint density at radius 1 is 1.34 bits per heavy atom. The van der Waals surface area contributed by atoms with Gasteiger partial charge in [0.25, 0.3) is 5.91 Å². The van der Waals surface area contributed by atoms with Gasteiger partial charge < -0.3 is 14.4 Å². The van der Waals surface area contributed by atoms with E-state index in [4.69, 9.17) is 9.47 Å². The molecule has 1 aliphatic rings. The number of ether oxygens (including phenoxy) is 2. The zero-order chi connectivity index (χ0) is 22.7. The van der Waals surface area contributed by atoms with Gasteiger partial charge in [-0.15, -0.1) is 0 Å². The van der Waals surface area contributed by atoms with Crippen molar-refractivity contribution in [2.45, 2.75) is 32.3 Å². The molecule has 2 aromatic heterocycles. The number of halogens is 1. The van der Waals surface area contributed by atoms with E-state index < -0.39 is 0 Å². The molecule has 0 bridgehead atoms. The zero-order valence-corrected chi connectivity index (χ0v) is 18.5. The molecule has 1 aromatic carbocycles. The second-order valence-corrected chi connectivity index (χ2v) is 8.19. The topological polar surface area (TPSA) is 85.3 Å². The van der Waals surface area contributed by atoms with E-state index in [1.165, 1.54) is 6.07 Å². The quantitative estimate of drug-likeness (QED) is 0.608. The highest BCUT2D eigenvalue weighted by Crippen LogP contribution is 2.24. The predicted molar refractivity (Wildman–Crippen MR) is 116 cm³/mol. The monoisotopic (exact) mass is 441 g/mol. The highest BCUT2D eigenvalue weighted by atomic mass is 19.1. The van der Waals surface area contributed by atoms with Gasteiger partial charge in [-0.3, -0.25) is 14.6 Å². The number of carbonyl (C=O) groups excluding carboxylic acids is 1. The average Bonchev–Trinajstić information content (AvgIpc) is 3.42. The second-order valence-electron chi connectivity index (χ2n) is 8.19. The smallest absolute Gasteiger partial charge is 0.274 e. The molecule has 8 nitrogen and oxygen atoms in total. The minimum absolute atomic E-state index is 0.115. The molecule has 170 valence electrons. The Balaban J connectivity index is 1.38.